The number of nitrogens with zero attached hydrogens (tertiary/aromatic N) is 6. The van der Waals surface area contributed by atoms with E-state index in [1.807, 2.05) is 13.8 Å². The molecular formula is C23H30N8O3. The second-order valence-corrected chi connectivity index (χ2v) is 7.80. The summed E-state index contributed by atoms with van der Waals surface area (Å²) in [6.07, 6.45) is 3.92. The fourth-order valence-electron chi connectivity index (χ4n) is 3.64. The normalized spacial score (nSPS) is 13.4. The van der Waals surface area contributed by atoms with Crippen molar-refractivity contribution in [2.24, 2.45) is 0 Å². The van der Waals surface area contributed by atoms with Crippen LogP contribution in [0.25, 0.3) is 11.5 Å². The molecule has 0 aromatic carbocycles. The maximum Gasteiger partial charge on any atom is 0.317 e. The van der Waals surface area contributed by atoms with E-state index in [-0.39, 0.29) is 31.8 Å². The maximum absolute atomic E-state index is 12.9. The van der Waals surface area contributed by atoms with Crippen molar-refractivity contribution in [2.45, 2.75) is 40.3 Å². The molecule has 4 heterocycles. The van der Waals surface area contributed by atoms with Gasteiger partial charge in [-0.1, -0.05) is 13.5 Å². The highest BCUT2D eigenvalue weighted by Crippen LogP contribution is 2.22. The highest BCUT2D eigenvalue weighted by molar-refractivity contribution is 6.02. The Kier molecular flexibility index (Phi) is 7.90. The van der Waals surface area contributed by atoms with Crippen molar-refractivity contribution >= 4 is 17.8 Å². The van der Waals surface area contributed by atoms with Crippen LogP contribution in [0.2, 0.25) is 0 Å². The Bertz CT molecular complexity index is 1160. The molecule has 0 aliphatic carbocycles. The van der Waals surface area contributed by atoms with E-state index in [0.717, 1.165) is 11.1 Å². The molecule has 34 heavy (non-hydrogen) atoms. The molecule has 0 spiro atoms. The van der Waals surface area contributed by atoms with Crippen LogP contribution in [-0.4, -0.2) is 66.4 Å². The van der Waals surface area contributed by atoms with Crippen molar-refractivity contribution in [1.82, 2.24) is 34.9 Å². The van der Waals surface area contributed by atoms with Crippen LogP contribution in [0.3, 0.4) is 0 Å². The van der Waals surface area contributed by atoms with E-state index < -0.39 is 5.91 Å². The van der Waals surface area contributed by atoms with E-state index in [9.17, 15) is 14.7 Å². The summed E-state index contributed by atoms with van der Waals surface area (Å²) >= 11 is 0. The molecule has 3 N–H and O–H groups in total. The van der Waals surface area contributed by atoms with Gasteiger partial charge in [-0.15, -0.1) is 10.2 Å². The summed E-state index contributed by atoms with van der Waals surface area (Å²) < 4.78 is 1.72. The number of carbonyl (C=O) groups is 2. The van der Waals surface area contributed by atoms with Crippen molar-refractivity contribution < 1.29 is 14.7 Å². The van der Waals surface area contributed by atoms with E-state index in [1.54, 1.807) is 39.9 Å². The van der Waals surface area contributed by atoms with E-state index in [2.05, 4.69) is 30.8 Å². The number of aromatic nitrogens is 5. The predicted octanol–water partition coefficient (Wildman–Crippen LogP) is 2.26. The van der Waals surface area contributed by atoms with Gasteiger partial charge in [0.25, 0.3) is 5.91 Å². The minimum Gasteiger partial charge on any atom is -0.394 e. The van der Waals surface area contributed by atoms with Gasteiger partial charge >= 0.3 is 6.03 Å². The highest BCUT2D eigenvalue weighted by Gasteiger charge is 2.22. The van der Waals surface area contributed by atoms with Crippen LogP contribution >= 0.6 is 0 Å². The molecule has 1 aliphatic rings. The predicted molar refractivity (Wildman–Crippen MR) is 127 cm³/mol. The van der Waals surface area contributed by atoms with E-state index in [1.165, 1.54) is 6.33 Å². The molecule has 3 amide bonds. The Morgan fingerprint density at radius 3 is 2.85 bits per heavy atom. The minimum atomic E-state index is -0.400. The smallest absolute Gasteiger partial charge is 0.317 e. The largest absolute Gasteiger partial charge is 0.394 e. The molecule has 0 saturated carbocycles. The molecule has 1 aliphatic heterocycles. The third kappa shape index (κ3) is 5.20. The summed E-state index contributed by atoms with van der Waals surface area (Å²) in [6, 6.07) is 6.58. The molecule has 3 aromatic heterocycles. The van der Waals surface area contributed by atoms with Gasteiger partial charge in [-0.05, 0) is 49.6 Å². The molecule has 180 valence electrons. The quantitative estimate of drug-likeness (QED) is 0.506. The number of fused-ring (bicyclic) bond motifs is 1. The second-order valence-electron chi connectivity index (χ2n) is 7.80. The molecule has 11 heteroatoms. The summed E-state index contributed by atoms with van der Waals surface area (Å²) in [6.45, 7) is 5.25. The van der Waals surface area contributed by atoms with Crippen molar-refractivity contribution in [2.75, 3.05) is 25.0 Å². The Balaban J connectivity index is 0.00000324. The zero-order chi connectivity index (χ0) is 23.4. The zero-order valence-electron chi connectivity index (χ0n) is 18.5. The number of carbonyl (C=O) groups excluding carboxylic acids is 2. The SMILES string of the molecule is C.CCNC(=O)N1CCc2cnc(C(=O)Nc3cccc(-c4nncn4[C@H](C)CO)n3)cc2C1. The Labute approximate surface area is 198 Å². The molecule has 0 bridgehead atoms. The number of hydrogen-bond acceptors (Lipinski definition) is 7. The Hall–Kier alpha value is -3.86. The van der Waals surface area contributed by atoms with Crippen LogP contribution in [-0.2, 0) is 13.0 Å². The van der Waals surface area contributed by atoms with Crippen molar-refractivity contribution in [3.8, 4) is 11.5 Å². The first kappa shape index (κ1) is 24.8. The number of amides is 3. The van der Waals surface area contributed by atoms with Gasteiger partial charge in [-0.2, -0.15) is 0 Å². The standard InChI is InChI=1S/C22H26N8O3.CH4/c1-3-23-22(33)29-8-7-15-10-24-18(9-16(15)11-29)21(32)27-19-6-4-5-17(26-19)20-28-25-13-30(20)14(2)12-31;/h4-6,9-10,13-14,31H,3,7-8,11-12H2,1-2H3,(H,23,33)(H,26,27,32);1H4/t14-;/m1./s1. The number of hydrogen-bond donors (Lipinski definition) is 3. The number of nitrogens with one attached hydrogen (secondary N) is 2. The fraction of sp³-hybridized carbons (Fsp3) is 0.391. The van der Waals surface area contributed by atoms with E-state index in [4.69, 9.17) is 0 Å². The van der Waals surface area contributed by atoms with Crippen LogP contribution in [0.4, 0.5) is 10.6 Å². The first-order chi connectivity index (χ1) is 16.0. The van der Waals surface area contributed by atoms with Crippen LogP contribution in [0.15, 0.2) is 36.8 Å². The topological polar surface area (TPSA) is 138 Å². The zero-order valence-corrected chi connectivity index (χ0v) is 18.5. The van der Waals surface area contributed by atoms with Crippen LogP contribution in [0, 0.1) is 0 Å². The van der Waals surface area contributed by atoms with Crippen LogP contribution < -0.4 is 10.6 Å². The number of aliphatic hydroxyl groups excluding tert-OH is 1. The summed E-state index contributed by atoms with van der Waals surface area (Å²) in [4.78, 5) is 35.5. The molecule has 11 nitrogen and oxygen atoms in total. The first-order valence-electron chi connectivity index (χ1n) is 10.8. The Morgan fingerprint density at radius 2 is 2.09 bits per heavy atom. The maximum atomic E-state index is 12.9. The van der Waals surface area contributed by atoms with Gasteiger partial charge in [0, 0.05) is 25.8 Å². The van der Waals surface area contributed by atoms with Crippen molar-refractivity contribution in [3.05, 3.63) is 53.6 Å². The third-order valence-corrected chi connectivity index (χ3v) is 5.47. The second kappa shape index (κ2) is 10.8. The van der Waals surface area contributed by atoms with Crippen LogP contribution in [0.1, 0.15) is 48.9 Å². The average molecular weight is 467 g/mol. The molecule has 4 rings (SSSR count). The lowest BCUT2D eigenvalue weighted by molar-refractivity contribution is 0.102. The van der Waals surface area contributed by atoms with Gasteiger partial charge < -0.3 is 25.2 Å². The minimum absolute atomic E-state index is 0. The van der Waals surface area contributed by atoms with Gasteiger partial charge in [0.05, 0.1) is 12.6 Å². The van der Waals surface area contributed by atoms with E-state index >= 15 is 0 Å². The van der Waals surface area contributed by atoms with Crippen LogP contribution in [0.5, 0.6) is 0 Å². The number of aliphatic hydroxyl groups is 1. The number of urea groups is 1. The molecule has 0 fully saturated rings. The van der Waals surface area contributed by atoms with Gasteiger partial charge in [0.1, 0.15) is 23.5 Å². The lowest BCUT2D eigenvalue weighted by Crippen LogP contribution is -2.42. The van der Waals surface area contributed by atoms with Crippen molar-refractivity contribution in [3.63, 3.8) is 0 Å². The van der Waals surface area contributed by atoms with Gasteiger partial charge in [-0.3, -0.25) is 9.78 Å². The fourth-order valence-corrected chi connectivity index (χ4v) is 3.64. The van der Waals surface area contributed by atoms with Gasteiger partial charge in [0.15, 0.2) is 5.82 Å². The molecule has 0 saturated heterocycles. The molecule has 0 radical (unpaired) electrons. The Morgan fingerprint density at radius 1 is 1.26 bits per heavy atom. The number of pyridine rings is 2. The summed E-state index contributed by atoms with van der Waals surface area (Å²) in [5, 5.41) is 23.0. The average Bonchev–Trinajstić information content (AvgIpc) is 3.33. The van der Waals surface area contributed by atoms with Gasteiger partial charge in [-0.25, -0.2) is 9.78 Å². The van der Waals surface area contributed by atoms with E-state index in [0.29, 0.717) is 43.4 Å². The molecular weight excluding hydrogens is 436 g/mol. The number of anilines is 1. The monoisotopic (exact) mass is 466 g/mol. The van der Waals surface area contributed by atoms with Gasteiger partial charge in [0.2, 0.25) is 0 Å². The lowest BCUT2D eigenvalue weighted by Gasteiger charge is -2.28. The highest BCUT2D eigenvalue weighted by atomic mass is 16.3. The molecule has 1 atom stereocenters. The summed E-state index contributed by atoms with van der Waals surface area (Å²) in [5.41, 5.74) is 2.70. The summed E-state index contributed by atoms with van der Waals surface area (Å²) in [7, 11) is 0. The molecule has 0 unspecified atom stereocenters. The number of rotatable bonds is 6. The summed E-state index contributed by atoms with van der Waals surface area (Å²) in [5.74, 6) is 0.431. The first-order valence-corrected chi connectivity index (χ1v) is 10.8. The lowest BCUT2D eigenvalue weighted by atomic mass is 10.0. The third-order valence-electron chi connectivity index (χ3n) is 5.47. The van der Waals surface area contributed by atoms with Crippen molar-refractivity contribution in [1.29, 1.82) is 0 Å². The molecule has 3 aromatic rings.